The van der Waals surface area contributed by atoms with Gasteiger partial charge in [-0.15, -0.1) is 0 Å². The molecule has 0 spiro atoms. The first-order valence-electron chi connectivity index (χ1n) is 6.11. The van der Waals surface area contributed by atoms with E-state index in [1.807, 2.05) is 24.3 Å². The third kappa shape index (κ3) is 2.12. The number of hydrogen-bond acceptors (Lipinski definition) is 2. The van der Waals surface area contributed by atoms with E-state index in [1.165, 1.54) is 5.56 Å². The second kappa shape index (κ2) is 4.70. The number of nitrogens with two attached hydrogens (primary N) is 1. The molecular formula is C15H13BrN2O. The number of anilines is 2. The van der Waals surface area contributed by atoms with Gasteiger partial charge in [0.1, 0.15) is 0 Å². The maximum Gasteiger partial charge on any atom is 0.260 e. The molecule has 1 amide bonds. The monoisotopic (exact) mass is 316 g/mol. The number of nitrogens with zero attached hydrogens (tertiary/aromatic N) is 1. The highest BCUT2D eigenvalue weighted by molar-refractivity contribution is 9.10. The second-order valence-corrected chi connectivity index (χ2v) is 5.48. The van der Waals surface area contributed by atoms with E-state index < -0.39 is 0 Å². The SMILES string of the molecule is Nc1ccc(Br)cc1C(=O)N1CCc2ccccc21. The van der Waals surface area contributed by atoms with Crippen LogP contribution in [0.3, 0.4) is 0 Å². The molecule has 0 radical (unpaired) electrons. The summed E-state index contributed by atoms with van der Waals surface area (Å²) in [5.74, 6) is -0.0382. The summed E-state index contributed by atoms with van der Waals surface area (Å²) in [6.07, 6.45) is 0.899. The fraction of sp³-hybridized carbons (Fsp3) is 0.133. The summed E-state index contributed by atoms with van der Waals surface area (Å²) in [5, 5.41) is 0. The van der Waals surface area contributed by atoms with Crippen LogP contribution in [0.25, 0.3) is 0 Å². The number of hydrogen-bond donors (Lipinski definition) is 1. The average molecular weight is 317 g/mol. The zero-order valence-electron chi connectivity index (χ0n) is 10.3. The van der Waals surface area contributed by atoms with E-state index in [0.29, 0.717) is 17.8 Å². The molecule has 0 aliphatic carbocycles. The van der Waals surface area contributed by atoms with E-state index >= 15 is 0 Å². The van der Waals surface area contributed by atoms with E-state index in [1.54, 1.807) is 17.0 Å². The number of amides is 1. The van der Waals surface area contributed by atoms with Crippen molar-refractivity contribution in [2.24, 2.45) is 0 Å². The highest BCUT2D eigenvalue weighted by atomic mass is 79.9. The van der Waals surface area contributed by atoms with Crippen LogP contribution in [-0.4, -0.2) is 12.5 Å². The molecule has 19 heavy (non-hydrogen) atoms. The van der Waals surface area contributed by atoms with Crippen molar-refractivity contribution in [1.29, 1.82) is 0 Å². The molecule has 1 aliphatic heterocycles. The molecule has 3 nitrogen and oxygen atoms in total. The number of benzene rings is 2. The zero-order chi connectivity index (χ0) is 13.4. The maximum absolute atomic E-state index is 12.6. The summed E-state index contributed by atoms with van der Waals surface area (Å²) < 4.78 is 0.859. The molecule has 2 aromatic rings. The van der Waals surface area contributed by atoms with Crippen LogP contribution in [0.1, 0.15) is 15.9 Å². The lowest BCUT2D eigenvalue weighted by atomic mass is 10.1. The first-order valence-corrected chi connectivity index (χ1v) is 6.91. The molecule has 1 aliphatic rings. The minimum Gasteiger partial charge on any atom is -0.398 e. The van der Waals surface area contributed by atoms with Crippen molar-refractivity contribution in [2.75, 3.05) is 17.2 Å². The third-order valence-electron chi connectivity index (χ3n) is 3.38. The normalized spacial score (nSPS) is 13.4. The van der Waals surface area contributed by atoms with Crippen LogP contribution >= 0.6 is 15.9 Å². The summed E-state index contributed by atoms with van der Waals surface area (Å²) in [6.45, 7) is 0.712. The second-order valence-electron chi connectivity index (χ2n) is 4.57. The van der Waals surface area contributed by atoms with Gasteiger partial charge in [-0.1, -0.05) is 34.1 Å². The molecule has 3 rings (SSSR count). The van der Waals surface area contributed by atoms with Gasteiger partial charge in [0.05, 0.1) is 5.56 Å². The highest BCUT2D eigenvalue weighted by Crippen LogP contribution is 2.30. The number of fused-ring (bicyclic) bond motifs is 1. The van der Waals surface area contributed by atoms with E-state index in [4.69, 9.17) is 5.73 Å². The van der Waals surface area contributed by atoms with Crippen molar-refractivity contribution in [3.63, 3.8) is 0 Å². The fourth-order valence-corrected chi connectivity index (χ4v) is 2.77. The van der Waals surface area contributed by atoms with Gasteiger partial charge in [0.25, 0.3) is 5.91 Å². The number of halogens is 1. The van der Waals surface area contributed by atoms with Crippen molar-refractivity contribution in [3.05, 3.63) is 58.1 Å². The molecule has 1 heterocycles. The quantitative estimate of drug-likeness (QED) is 0.821. The molecule has 0 saturated heterocycles. The van der Waals surface area contributed by atoms with E-state index in [9.17, 15) is 4.79 Å². The van der Waals surface area contributed by atoms with Crippen LogP contribution in [-0.2, 0) is 6.42 Å². The lowest BCUT2D eigenvalue weighted by Crippen LogP contribution is -2.29. The molecule has 4 heteroatoms. The van der Waals surface area contributed by atoms with Crippen LogP contribution in [0.2, 0.25) is 0 Å². The van der Waals surface area contributed by atoms with E-state index in [0.717, 1.165) is 16.6 Å². The molecule has 0 saturated carbocycles. The van der Waals surface area contributed by atoms with Crippen molar-refractivity contribution < 1.29 is 4.79 Å². The van der Waals surface area contributed by atoms with Gasteiger partial charge in [-0.2, -0.15) is 0 Å². The number of rotatable bonds is 1. The Kier molecular flexibility index (Phi) is 3.03. The van der Waals surface area contributed by atoms with Gasteiger partial charge >= 0.3 is 0 Å². The van der Waals surface area contributed by atoms with Crippen LogP contribution in [0, 0.1) is 0 Å². The first-order chi connectivity index (χ1) is 9.16. The lowest BCUT2D eigenvalue weighted by molar-refractivity contribution is 0.0990. The molecule has 2 N–H and O–H groups in total. The standard InChI is InChI=1S/C15H13BrN2O/c16-11-5-6-13(17)12(9-11)15(19)18-8-7-10-3-1-2-4-14(10)18/h1-6,9H,7-8,17H2. The van der Waals surface area contributed by atoms with Gasteiger partial charge in [0, 0.05) is 22.4 Å². The average Bonchev–Trinajstić information content (AvgIpc) is 2.84. The summed E-state index contributed by atoms with van der Waals surface area (Å²) in [4.78, 5) is 14.4. The Morgan fingerprint density at radius 3 is 2.84 bits per heavy atom. The van der Waals surface area contributed by atoms with Gasteiger partial charge in [-0.25, -0.2) is 0 Å². The largest absolute Gasteiger partial charge is 0.398 e. The molecule has 0 aromatic heterocycles. The van der Waals surface area contributed by atoms with Crippen molar-refractivity contribution in [1.82, 2.24) is 0 Å². The van der Waals surface area contributed by atoms with Crippen molar-refractivity contribution in [2.45, 2.75) is 6.42 Å². The summed E-state index contributed by atoms with van der Waals surface area (Å²) in [7, 11) is 0. The Morgan fingerprint density at radius 1 is 1.21 bits per heavy atom. The van der Waals surface area contributed by atoms with Crippen molar-refractivity contribution in [3.8, 4) is 0 Å². The minimum absolute atomic E-state index is 0.0382. The van der Waals surface area contributed by atoms with Crippen molar-refractivity contribution >= 4 is 33.2 Å². The number of carbonyl (C=O) groups excluding carboxylic acids is 1. The minimum atomic E-state index is -0.0382. The van der Waals surface area contributed by atoms with Gasteiger partial charge in [0.2, 0.25) is 0 Å². The molecule has 0 atom stereocenters. The van der Waals surface area contributed by atoms with Gasteiger partial charge in [-0.05, 0) is 36.2 Å². The van der Waals surface area contributed by atoms with Crippen LogP contribution < -0.4 is 10.6 Å². The van der Waals surface area contributed by atoms with Crippen LogP contribution in [0.15, 0.2) is 46.9 Å². The molecule has 0 fully saturated rings. The molecule has 0 bridgehead atoms. The Bertz CT molecular complexity index is 654. The first kappa shape index (κ1) is 12.2. The Labute approximate surface area is 120 Å². The van der Waals surface area contributed by atoms with Gasteiger partial charge in [0.15, 0.2) is 0 Å². The smallest absolute Gasteiger partial charge is 0.260 e. The van der Waals surface area contributed by atoms with E-state index in [-0.39, 0.29) is 5.91 Å². The molecule has 0 unspecified atom stereocenters. The summed E-state index contributed by atoms with van der Waals surface area (Å²) >= 11 is 3.38. The van der Waals surface area contributed by atoms with Crippen LogP contribution in [0.4, 0.5) is 11.4 Å². The Hall–Kier alpha value is -1.81. The topological polar surface area (TPSA) is 46.3 Å². The van der Waals surface area contributed by atoms with Crippen LogP contribution in [0.5, 0.6) is 0 Å². The van der Waals surface area contributed by atoms with Gasteiger partial charge < -0.3 is 10.6 Å². The fourth-order valence-electron chi connectivity index (χ4n) is 2.41. The summed E-state index contributed by atoms with van der Waals surface area (Å²) in [5.41, 5.74) is 9.17. The highest BCUT2D eigenvalue weighted by Gasteiger charge is 2.26. The zero-order valence-corrected chi connectivity index (χ0v) is 11.9. The lowest BCUT2D eigenvalue weighted by Gasteiger charge is -2.18. The summed E-state index contributed by atoms with van der Waals surface area (Å²) in [6, 6.07) is 13.4. The van der Waals surface area contributed by atoms with E-state index in [2.05, 4.69) is 22.0 Å². The number of para-hydroxylation sites is 1. The predicted molar refractivity (Wildman–Crippen MR) is 80.4 cm³/mol. The molecular weight excluding hydrogens is 304 g/mol. The molecule has 2 aromatic carbocycles. The predicted octanol–water partition coefficient (Wildman–Crippen LogP) is 3.23. The molecule has 96 valence electrons. The number of carbonyl (C=O) groups is 1. The Morgan fingerprint density at radius 2 is 2.00 bits per heavy atom. The maximum atomic E-state index is 12.6. The Balaban J connectivity index is 2.00. The van der Waals surface area contributed by atoms with Gasteiger partial charge in [-0.3, -0.25) is 4.79 Å². The number of nitrogen functional groups attached to an aromatic ring is 1. The third-order valence-corrected chi connectivity index (χ3v) is 3.87.